The topological polar surface area (TPSA) is 29.1 Å². The fourth-order valence-electron chi connectivity index (χ4n) is 1.71. The first-order valence-electron chi connectivity index (χ1n) is 5.71. The van der Waals surface area contributed by atoms with Crippen molar-refractivity contribution in [2.45, 2.75) is 13.8 Å². The minimum Gasteiger partial charge on any atom is -0.322 e. The predicted molar refractivity (Wildman–Crippen MR) is 70.3 cm³/mol. The lowest BCUT2D eigenvalue weighted by atomic mass is 10.1. The van der Waals surface area contributed by atoms with Crippen molar-refractivity contribution in [2.75, 3.05) is 5.32 Å². The van der Waals surface area contributed by atoms with E-state index in [9.17, 15) is 9.18 Å². The fourth-order valence-corrected chi connectivity index (χ4v) is 1.71. The normalized spacial score (nSPS) is 10.2. The van der Waals surface area contributed by atoms with Gasteiger partial charge in [-0.15, -0.1) is 0 Å². The van der Waals surface area contributed by atoms with Gasteiger partial charge in [-0.2, -0.15) is 0 Å². The van der Waals surface area contributed by atoms with E-state index in [1.54, 1.807) is 12.1 Å². The Morgan fingerprint density at radius 1 is 1.11 bits per heavy atom. The zero-order chi connectivity index (χ0) is 13.1. The van der Waals surface area contributed by atoms with Gasteiger partial charge >= 0.3 is 0 Å². The van der Waals surface area contributed by atoms with E-state index < -0.39 is 11.7 Å². The second-order valence-electron chi connectivity index (χ2n) is 4.25. The minimum atomic E-state index is -0.514. The van der Waals surface area contributed by atoms with E-state index in [-0.39, 0.29) is 5.56 Å². The Bertz CT molecular complexity index is 593. The standard InChI is InChI=1S/C15H14FNO/c1-10-7-8-11(2)14(9-10)17-15(18)12-5-3-4-6-13(12)16/h3-9H,1-2H3,(H,17,18). The maximum absolute atomic E-state index is 13.5. The van der Waals surface area contributed by atoms with E-state index in [1.165, 1.54) is 12.1 Å². The molecular weight excluding hydrogens is 229 g/mol. The van der Waals surface area contributed by atoms with Gasteiger partial charge in [0.05, 0.1) is 5.56 Å². The molecule has 2 aromatic rings. The van der Waals surface area contributed by atoms with Crippen LogP contribution in [0.1, 0.15) is 21.5 Å². The molecule has 3 heteroatoms. The summed E-state index contributed by atoms with van der Waals surface area (Å²) >= 11 is 0. The highest BCUT2D eigenvalue weighted by molar-refractivity contribution is 6.04. The summed E-state index contributed by atoms with van der Waals surface area (Å²) in [7, 11) is 0. The van der Waals surface area contributed by atoms with E-state index in [4.69, 9.17) is 0 Å². The Morgan fingerprint density at radius 3 is 2.56 bits per heavy atom. The SMILES string of the molecule is Cc1ccc(C)c(NC(=O)c2ccccc2F)c1. The molecule has 0 aliphatic rings. The zero-order valence-corrected chi connectivity index (χ0v) is 10.3. The molecule has 0 spiro atoms. The predicted octanol–water partition coefficient (Wildman–Crippen LogP) is 3.69. The molecule has 1 N–H and O–H groups in total. The summed E-state index contributed by atoms with van der Waals surface area (Å²) in [6.45, 7) is 3.84. The summed E-state index contributed by atoms with van der Waals surface area (Å²) in [5.41, 5.74) is 2.76. The number of nitrogens with one attached hydrogen (secondary N) is 1. The molecule has 1 amide bonds. The molecule has 0 saturated carbocycles. The van der Waals surface area contributed by atoms with Crippen LogP contribution in [-0.4, -0.2) is 5.91 Å². The van der Waals surface area contributed by atoms with Crippen LogP contribution in [0.25, 0.3) is 0 Å². The van der Waals surface area contributed by atoms with Gasteiger partial charge in [0.2, 0.25) is 0 Å². The Morgan fingerprint density at radius 2 is 1.83 bits per heavy atom. The Labute approximate surface area is 105 Å². The molecule has 0 heterocycles. The fraction of sp³-hybridized carbons (Fsp3) is 0.133. The van der Waals surface area contributed by atoms with Gasteiger partial charge in [0.25, 0.3) is 5.91 Å². The molecule has 0 aliphatic carbocycles. The van der Waals surface area contributed by atoms with Crippen molar-refractivity contribution in [2.24, 2.45) is 0 Å². The van der Waals surface area contributed by atoms with Crippen molar-refractivity contribution in [1.29, 1.82) is 0 Å². The number of carbonyl (C=O) groups excluding carboxylic acids is 1. The summed E-state index contributed by atoms with van der Waals surface area (Å²) < 4.78 is 13.5. The number of aryl methyl sites for hydroxylation is 2. The highest BCUT2D eigenvalue weighted by atomic mass is 19.1. The Hall–Kier alpha value is -2.16. The monoisotopic (exact) mass is 243 g/mol. The number of carbonyl (C=O) groups is 1. The quantitative estimate of drug-likeness (QED) is 0.856. The van der Waals surface area contributed by atoms with Gasteiger partial charge in [0.1, 0.15) is 5.82 Å². The number of hydrogen-bond donors (Lipinski definition) is 1. The van der Waals surface area contributed by atoms with Crippen LogP contribution in [-0.2, 0) is 0 Å². The molecule has 0 saturated heterocycles. The maximum atomic E-state index is 13.5. The van der Waals surface area contributed by atoms with Gasteiger partial charge in [-0.1, -0.05) is 24.3 Å². The number of anilines is 1. The van der Waals surface area contributed by atoms with Gasteiger partial charge in [0, 0.05) is 5.69 Å². The molecule has 0 atom stereocenters. The van der Waals surface area contributed by atoms with Crippen molar-refractivity contribution in [3.63, 3.8) is 0 Å². The van der Waals surface area contributed by atoms with E-state index in [1.807, 2.05) is 32.0 Å². The van der Waals surface area contributed by atoms with E-state index in [0.717, 1.165) is 11.1 Å². The second kappa shape index (κ2) is 5.00. The van der Waals surface area contributed by atoms with Crippen LogP contribution in [0.15, 0.2) is 42.5 Å². The molecule has 0 aliphatic heterocycles. The van der Waals surface area contributed by atoms with Crippen molar-refractivity contribution in [3.8, 4) is 0 Å². The van der Waals surface area contributed by atoms with Crippen LogP contribution >= 0.6 is 0 Å². The van der Waals surface area contributed by atoms with Crippen LogP contribution in [0.2, 0.25) is 0 Å². The lowest BCUT2D eigenvalue weighted by molar-refractivity contribution is 0.102. The number of hydrogen-bond acceptors (Lipinski definition) is 1. The summed E-state index contributed by atoms with van der Waals surface area (Å²) in [5, 5.41) is 2.73. The second-order valence-corrected chi connectivity index (χ2v) is 4.25. The maximum Gasteiger partial charge on any atom is 0.258 e. The average Bonchev–Trinajstić information content (AvgIpc) is 2.34. The molecule has 0 fully saturated rings. The third-order valence-electron chi connectivity index (χ3n) is 2.76. The molecule has 92 valence electrons. The van der Waals surface area contributed by atoms with Crippen LogP contribution in [0.5, 0.6) is 0 Å². The van der Waals surface area contributed by atoms with Crippen molar-refractivity contribution in [3.05, 3.63) is 65.0 Å². The van der Waals surface area contributed by atoms with Crippen molar-refractivity contribution >= 4 is 11.6 Å². The van der Waals surface area contributed by atoms with Gasteiger partial charge in [0.15, 0.2) is 0 Å². The largest absolute Gasteiger partial charge is 0.322 e. The van der Waals surface area contributed by atoms with Crippen LogP contribution in [0, 0.1) is 19.7 Å². The first-order chi connectivity index (χ1) is 8.58. The van der Waals surface area contributed by atoms with E-state index in [2.05, 4.69) is 5.32 Å². The number of rotatable bonds is 2. The van der Waals surface area contributed by atoms with Crippen molar-refractivity contribution < 1.29 is 9.18 Å². The van der Waals surface area contributed by atoms with Gasteiger partial charge in [-0.25, -0.2) is 4.39 Å². The van der Waals surface area contributed by atoms with Crippen LogP contribution in [0.4, 0.5) is 10.1 Å². The molecule has 18 heavy (non-hydrogen) atoms. The average molecular weight is 243 g/mol. The van der Waals surface area contributed by atoms with Gasteiger partial charge < -0.3 is 5.32 Å². The first-order valence-corrected chi connectivity index (χ1v) is 5.71. The Kier molecular flexibility index (Phi) is 3.42. The summed E-state index contributed by atoms with van der Waals surface area (Å²) in [6, 6.07) is 11.7. The number of benzene rings is 2. The lowest BCUT2D eigenvalue weighted by Gasteiger charge is -2.09. The smallest absolute Gasteiger partial charge is 0.258 e. The van der Waals surface area contributed by atoms with Crippen LogP contribution < -0.4 is 5.32 Å². The highest BCUT2D eigenvalue weighted by Gasteiger charge is 2.11. The molecule has 0 unspecified atom stereocenters. The molecule has 2 nitrogen and oxygen atoms in total. The third-order valence-corrected chi connectivity index (χ3v) is 2.76. The molecule has 2 aromatic carbocycles. The first kappa shape index (κ1) is 12.3. The summed E-state index contributed by atoms with van der Waals surface area (Å²) in [4.78, 5) is 11.9. The molecular formula is C15H14FNO. The van der Waals surface area contributed by atoms with E-state index in [0.29, 0.717) is 5.69 Å². The zero-order valence-electron chi connectivity index (χ0n) is 10.3. The van der Waals surface area contributed by atoms with Gasteiger partial charge in [-0.3, -0.25) is 4.79 Å². The van der Waals surface area contributed by atoms with Crippen molar-refractivity contribution in [1.82, 2.24) is 0 Å². The summed E-state index contributed by atoms with van der Waals surface area (Å²) in [6.07, 6.45) is 0. The summed E-state index contributed by atoms with van der Waals surface area (Å²) in [5.74, 6) is -0.942. The Balaban J connectivity index is 2.27. The number of halogens is 1. The van der Waals surface area contributed by atoms with Crippen LogP contribution in [0.3, 0.4) is 0 Å². The lowest BCUT2D eigenvalue weighted by Crippen LogP contribution is -2.14. The molecule has 0 radical (unpaired) electrons. The third kappa shape index (κ3) is 2.56. The minimum absolute atomic E-state index is 0.0541. The number of amides is 1. The highest BCUT2D eigenvalue weighted by Crippen LogP contribution is 2.18. The molecule has 2 rings (SSSR count). The van der Waals surface area contributed by atoms with Gasteiger partial charge in [-0.05, 0) is 43.2 Å². The molecule has 0 aromatic heterocycles. The van der Waals surface area contributed by atoms with E-state index >= 15 is 0 Å². The molecule has 0 bridgehead atoms.